The van der Waals surface area contributed by atoms with Gasteiger partial charge < -0.3 is 14.8 Å². The number of fused-ring (bicyclic) bond motifs is 1. The fourth-order valence-corrected chi connectivity index (χ4v) is 2.63. The fourth-order valence-electron chi connectivity index (χ4n) is 2.63. The molecule has 120 valence electrons. The third-order valence-corrected chi connectivity index (χ3v) is 4.09. The number of aryl methyl sites for hydroxylation is 2. The fraction of sp³-hybridized carbons (Fsp3) is 0.263. The summed E-state index contributed by atoms with van der Waals surface area (Å²) in [5, 5.41) is 13.5. The van der Waals surface area contributed by atoms with Crippen molar-refractivity contribution < 1.29 is 13.9 Å². The Balaban J connectivity index is 1.67. The summed E-state index contributed by atoms with van der Waals surface area (Å²) in [4.78, 5) is 0. The average molecular weight is 313 g/mol. The molecule has 0 amide bonds. The van der Waals surface area contributed by atoms with Crippen LogP contribution in [0.3, 0.4) is 0 Å². The standard InChI is InChI=1S/C19H20FNO2/c1-12-5-15-8-17(23-19(15)6-13(12)2)10-21-9-14-3-4-18(20)16(7-14)11-22/h3-8,21-22H,9-11H2,1-2H3. The van der Waals surface area contributed by atoms with Gasteiger partial charge in [0.15, 0.2) is 0 Å². The van der Waals surface area contributed by atoms with Crippen LogP contribution in [0.2, 0.25) is 0 Å². The van der Waals surface area contributed by atoms with Crippen LogP contribution in [0.4, 0.5) is 4.39 Å². The molecule has 0 aliphatic carbocycles. The molecule has 0 aliphatic rings. The first kappa shape index (κ1) is 15.7. The third kappa shape index (κ3) is 3.44. The van der Waals surface area contributed by atoms with Crippen molar-refractivity contribution in [1.82, 2.24) is 5.32 Å². The zero-order valence-electron chi connectivity index (χ0n) is 13.3. The normalized spacial score (nSPS) is 11.3. The second-order valence-electron chi connectivity index (χ2n) is 5.87. The smallest absolute Gasteiger partial charge is 0.134 e. The Morgan fingerprint density at radius 2 is 1.83 bits per heavy atom. The largest absolute Gasteiger partial charge is 0.460 e. The quantitative estimate of drug-likeness (QED) is 0.749. The van der Waals surface area contributed by atoms with E-state index in [1.165, 1.54) is 17.2 Å². The molecule has 3 nitrogen and oxygen atoms in total. The SMILES string of the molecule is Cc1cc2cc(CNCc3ccc(F)c(CO)c3)oc2cc1C. The van der Waals surface area contributed by atoms with Crippen molar-refractivity contribution in [3.05, 3.63) is 70.2 Å². The van der Waals surface area contributed by atoms with Crippen LogP contribution < -0.4 is 5.32 Å². The van der Waals surface area contributed by atoms with E-state index in [9.17, 15) is 4.39 Å². The Labute approximate surface area is 134 Å². The van der Waals surface area contributed by atoms with Crippen LogP contribution in [-0.2, 0) is 19.7 Å². The number of benzene rings is 2. The highest BCUT2D eigenvalue weighted by molar-refractivity contribution is 5.79. The third-order valence-electron chi connectivity index (χ3n) is 4.09. The van der Waals surface area contributed by atoms with Gasteiger partial charge in [-0.3, -0.25) is 0 Å². The van der Waals surface area contributed by atoms with E-state index in [0.717, 1.165) is 22.3 Å². The molecule has 0 unspecified atom stereocenters. The van der Waals surface area contributed by atoms with Crippen molar-refractivity contribution in [3.8, 4) is 0 Å². The summed E-state index contributed by atoms with van der Waals surface area (Å²) < 4.78 is 19.2. The zero-order valence-corrected chi connectivity index (χ0v) is 13.3. The van der Waals surface area contributed by atoms with Gasteiger partial charge in [0.1, 0.15) is 17.2 Å². The molecular formula is C19H20FNO2. The second kappa shape index (κ2) is 6.52. The molecule has 3 aromatic rings. The van der Waals surface area contributed by atoms with Crippen LogP contribution >= 0.6 is 0 Å². The van der Waals surface area contributed by atoms with Gasteiger partial charge in [-0.25, -0.2) is 4.39 Å². The van der Waals surface area contributed by atoms with Crippen molar-refractivity contribution in [3.63, 3.8) is 0 Å². The maximum absolute atomic E-state index is 13.3. The van der Waals surface area contributed by atoms with Crippen molar-refractivity contribution >= 4 is 11.0 Å². The lowest BCUT2D eigenvalue weighted by Crippen LogP contribution is -2.12. The van der Waals surface area contributed by atoms with Crippen LogP contribution in [0.5, 0.6) is 0 Å². The van der Waals surface area contributed by atoms with E-state index in [-0.39, 0.29) is 12.4 Å². The molecule has 0 aliphatic heterocycles. The number of hydrogen-bond donors (Lipinski definition) is 2. The monoisotopic (exact) mass is 313 g/mol. The summed E-state index contributed by atoms with van der Waals surface area (Å²) in [6, 6.07) is 11.0. The molecule has 23 heavy (non-hydrogen) atoms. The first-order chi connectivity index (χ1) is 11.1. The zero-order chi connectivity index (χ0) is 16.4. The Bertz CT molecular complexity index is 800. The number of aliphatic hydroxyl groups excluding tert-OH is 1. The minimum absolute atomic E-state index is 0.290. The van der Waals surface area contributed by atoms with Crippen LogP contribution in [0.25, 0.3) is 11.0 Å². The minimum atomic E-state index is -0.376. The van der Waals surface area contributed by atoms with E-state index in [1.54, 1.807) is 12.1 Å². The number of furan rings is 1. The van der Waals surface area contributed by atoms with E-state index >= 15 is 0 Å². The summed E-state index contributed by atoms with van der Waals surface area (Å²) >= 11 is 0. The summed E-state index contributed by atoms with van der Waals surface area (Å²) in [5.41, 5.74) is 4.61. The van der Waals surface area contributed by atoms with Gasteiger partial charge in [-0.1, -0.05) is 6.07 Å². The molecule has 0 saturated heterocycles. The van der Waals surface area contributed by atoms with Crippen molar-refractivity contribution in [2.45, 2.75) is 33.5 Å². The Morgan fingerprint density at radius 1 is 1.04 bits per heavy atom. The molecule has 0 spiro atoms. The minimum Gasteiger partial charge on any atom is -0.460 e. The molecule has 0 atom stereocenters. The van der Waals surface area contributed by atoms with Gasteiger partial charge in [0, 0.05) is 17.5 Å². The van der Waals surface area contributed by atoms with Crippen LogP contribution in [0, 0.1) is 19.7 Å². The molecule has 0 saturated carbocycles. The molecule has 2 aromatic carbocycles. The molecule has 3 rings (SSSR count). The maximum Gasteiger partial charge on any atom is 0.134 e. The molecule has 1 heterocycles. The molecule has 0 radical (unpaired) electrons. The molecule has 0 bridgehead atoms. The van der Waals surface area contributed by atoms with Gasteiger partial charge in [0.05, 0.1) is 13.2 Å². The Hall–Kier alpha value is -2.17. The average Bonchev–Trinajstić information content (AvgIpc) is 2.91. The predicted octanol–water partition coefficient (Wildman–Crippen LogP) is 3.97. The van der Waals surface area contributed by atoms with Crippen LogP contribution in [-0.4, -0.2) is 5.11 Å². The van der Waals surface area contributed by atoms with Crippen molar-refractivity contribution in [2.24, 2.45) is 0 Å². The highest BCUT2D eigenvalue weighted by atomic mass is 19.1. The number of hydrogen-bond acceptors (Lipinski definition) is 3. The lowest BCUT2D eigenvalue weighted by molar-refractivity contribution is 0.275. The molecule has 1 aromatic heterocycles. The summed E-state index contributed by atoms with van der Waals surface area (Å²) in [5.74, 6) is 0.494. The lowest BCUT2D eigenvalue weighted by Gasteiger charge is -2.06. The Kier molecular flexibility index (Phi) is 4.46. The lowest BCUT2D eigenvalue weighted by atomic mass is 10.1. The number of aliphatic hydroxyl groups is 1. The van der Waals surface area contributed by atoms with E-state index < -0.39 is 0 Å². The van der Waals surface area contributed by atoms with E-state index in [4.69, 9.17) is 9.52 Å². The topological polar surface area (TPSA) is 45.4 Å². The summed E-state index contributed by atoms with van der Waals surface area (Å²) in [7, 11) is 0. The van der Waals surface area contributed by atoms with Gasteiger partial charge >= 0.3 is 0 Å². The number of nitrogens with one attached hydrogen (secondary N) is 1. The van der Waals surface area contributed by atoms with Gasteiger partial charge in [-0.05, 0) is 60.9 Å². The molecule has 0 fully saturated rings. The van der Waals surface area contributed by atoms with E-state index in [1.807, 2.05) is 6.07 Å². The van der Waals surface area contributed by atoms with Gasteiger partial charge in [-0.2, -0.15) is 0 Å². The first-order valence-corrected chi connectivity index (χ1v) is 7.65. The van der Waals surface area contributed by atoms with Crippen molar-refractivity contribution in [1.29, 1.82) is 0 Å². The highest BCUT2D eigenvalue weighted by Crippen LogP contribution is 2.23. The van der Waals surface area contributed by atoms with E-state index in [0.29, 0.717) is 18.7 Å². The molecule has 2 N–H and O–H groups in total. The van der Waals surface area contributed by atoms with Crippen LogP contribution in [0.15, 0.2) is 40.8 Å². The second-order valence-corrected chi connectivity index (χ2v) is 5.87. The molecular weight excluding hydrogens is 293 g/mol. The first-order valence-electron chi connectivity index (χ1n) is 7.65. The van der Waals surface area contributed by atoms with E-state index in [2.05, 4.69) is 31.3 Å². The van der Waals surface area contributed by atoms with Crippen LogP contribution in [0.1, 0.15) is 28.0 Å². The van der Waals surface area contributed by atoms with Gasteiger partial charge in [0.25, 0.3) is 0 Å². The number of halogens is 1. The summed E-state index contributed by atoms with van der Waals surface area (Å²) in [6.45, 7) is 5.05. The maximum atomic E-state index is 13.3. The van der Waals surface area contributed by atoms with Crippen molar-refractivity contribution in [2.75, 3.05) is 0 Å². The van der Waals surface area contributed by atoms with Gasteiger partial charge in [0.2, 0.25) is 0 Å². The highest BCUT2D eigenvalue weighted by Gasteiger charge is 2.06. The Morgan fingerprint density at radius 3 is 2.61 bits per heavy atom. The molecule has 4 heteroatoms. The van der Waals surface area contributed by atoms with Gasteiger partial charge in [-0.15, -0.1) is 0 Å². The number of rotatable bonds is 5. The predicted molar refractivity (Wildman–Crippen MR) is 88.6 cm³/mol. The summed E-state index contributed by atoms with van der Waals surface area (Å²) in [6.07, 6.45) is 0.